The van der Waals surface area contributed by atoms with Crippen LogP contribution in [0.15, 0.2) is 0 Å². The Morgan fingerprint density at radius 2 is 1.68 bits per heavy atom. The van der Waals surface area contributed by atoms with Crippen molar-refractivity contribution in [2.24, 2.45) is 11.5 Å². The highest BCUT2D eigenvalue weighted by Crippen LogP contribution is 2.05. The van der Waals surface area contributed by atoms with Crippen LogP contribution in [0.5, 0.6) is 0 Å². The molecule has 0 unspecified atom stereocenters. The van der Waals surface area contributed by atoms with Crippen LogP contribution in [-0.4, -0.2) is 42.6 Å². The summed E-state index contributed by atoms with van der Waals surface area (Å²) in [6.45, 7) is 5.63. The van der Waals surface area contributed by atoms with Gasteiger partial charge in [0.2, 0.25) is 11.8 Å². The molecule has 0 bridgehead atoms. The van der Waals surface area contributed by atoms with Gasteiger partial charge in [-0.05, 0) is 20.8 Å². The van der Waals surface area contributed by atoms with Crippen LogP contribution in [0.1, 0.15) is 27.2 Å². The molecule has 0 radical (unpaired) electrons. The Labute approximate surface area is 112 Å². The van der Waals surface area contributed by atoms with Gasteiger partial charge in [-0.15, -0.1) is 0 Å². The number of carbonyl (C=O) groups excluding carboxylic acids is 3. The van der Waals surface area contributed by atoms with Gasteiger partial charge in [0.05, 0.1) is 12.5 Å². The molecule has 0 aromatic carbocycles. The van der Waals surface area contributed by atoms with Gasteiger partial charge in [-0.25, -0.2) is 4.79 Å². The number of carbonyl (C=O) groups is 3. The lowest BCUT2D eigenvalue weighted by atomic mass is 10.2. The van der Waals surface area contributed by atoms with E-state index in [9.17, 15) is 14.4 Å². The van der Waals surface area contributed by atoms with Crippen molar-refractivity contribution in [3.05, 3.63) is 0 Å². The molecule has 8 nitrogen and oxygen atoms in total. The number of ether oxygens (including phenoxy) is 1. The van der Waals surface area contributed by atoms with Crippen molar-refractivity contribution in [2.75, 3.05) is 13.1 Å². The van der Waals surface area contributed by atoms with Crippen LogP contribution >= 0.6 is 0 Å². The second-order valence-electron chi connectivity index (χ2n) is 5.00. The maximum Gasteiger partial charge on any atom is 0.407 e. The average molecular weight is 274 g/mol. The van der Waals surface area contributed by atoms with Crippen LogP contribution in [0.2, 0.25) is 0 Å². The second kappa shape index (κ2) is 7.57. The van der Waals surface area contributed by atoms with Crippen molar-refractivity contribution >= 4 is 17.9 Å². The predicted molar refractivity (Wildman–Crippen MR) is 69.0 cm³/mol. The molecule has 6 N–H and O–H groups in total. The fourth-order valence-electron chi connectivity index (χ4n) is 1.10. The summed E-state index contributed by atoms with van der Waals surface area (Å²) >= 11 is 0. The van der Waals surface area contributed by atoms with E-state index in [1.807, 2.05) is 0 Å². The van der Waals surface area contributed by atoms with Crippen molar-refractivity contribution in [1.29, 1.82) is 0 Å². The summed E-state index contributed by atoms with van der Waals surface area (Å²) < 4.78 is 5.00. The van der Waals surface area contributed by atoms with Gasteiger partial charge in [0.25, 0.3) is 0 Å². The molecule has 0 spiro atoms. The van der Waals surface area contributed by atoms with Gasteiger partial charge in [-0.3, -0.25) is 9.59 Å². The molecule has 19 heavy (non-hydrogen) atoms. The average Bonchev–Trinajstić information content (AvgIpc) is 2.20. The number of alkyl carbamates (subject to hydrolysis) is 1. The number of primary amides is 1. The van der Waals surface area contributed by atoms with Crippen molar-refractivity contribution in [3.63, 3.8) is 0 Å². The maximum absolute atomic E-state index is 11.4. The first-order chi connectivity index (χ1) is 8.61. The summed E-state index contributed by atoms with van der Waals surface area (Å²) in [5.41, 5.74) is 9.76. The number of amides is 3. The lowest BCUT2D eigenvalue weighted by Gasteiger charge is -2.19. The van der Waals surface area contributed by atoms with E-state index in [0.29, 0.717) is 0 Å². The normalized spacial score (nSPS) is 12.4. The van der Waals surface area contributed by atoms with Gasteiger partial charge >= 0.3 is 6.09 Å². The van der Waals surface area contributed by atoms with E-state index in [1.54, 1.807) is 20.8 Å². The quantitative estimate of drug-likeness (QED) is 0.452. The Morgan fingerprint density at radius 1 is 1.16 bits per heavy atom. The third kappa shape index (κ3) is 9.83. The van der Waals surface area contributed by atoms with Crippen LogP contribution in [-0.2, 0) is 14.3 Å². The fraction of sp³-hybridized carbons (Fsp3) is 0.727. The standard InChI is InChI=1S/C11H22N4O4/c1-11(2,3)19-10(18)15-5-4-14-9(17)7(12)6-8(13)16/h7H,4-6,12H2,1-3H3,(H2,13,16)(H,14,17)(H,15,18)/t7-/m0/s1. The highest BCUT2D eigenvalue weighted by molar-refractivity contribution is 5.87. The molecule has 0 saturated carbocycles. The molecule has 0 rings (SSSR count). The molecule has 8 heteroatoms. The van der Waals surface area contributed by atoms with E-state index < -0.39 is 29.6 Å². The lowest BCUT2D eigenvalue weighted by Crippen LogP contribution is -2.45. The van der Waals surface area contributed by atoms with Crippen molar-refractivity contribution in [1.82, 2.24) is 10.6 Å². The molecule has 0 aliphatic heterocycles. The van der Waals surface area contributed by atoms with Crippen molar-refractivity contribution in [2.45, 2.75) is 38.8 Å². The van der Waals surface area contributed by atoms with Crippen molar-refractivity contribution < 1.29 is 19.1 Å². The molecule has 0 aliphatic rings. The topological polar surface area (TPSA) is 137 Å². The Morgan fingerprint density at radius 3 is 2.16 bits per heavy atom. The van der Waals surface area contributed by atoms with Gasteiger partial charge in [-0.1, -0.05) is 0 Å². The number of hydrogen-bond donors (Lipinski definition) is 4. The first kappa shape index (κ1) is 17.2. The van der Waals surface area contributed by atoms with Crippen LogP contribution in [0.25, 0.3) is 0 Å². The molecule has 0 aliphatic carbocycles. The SMILES string of the molecule is CC(C)(C)OC(=O)NCCNC(=O)[C@@H](N)CC(N)=O. The highest BCUT2D eigenvalue weighted by Gasteiger charge is 2.17. The third-order valence-electron chi connectivity index (χ3n) is 1.85. The summed E-state index contributed by atoms with van der Waals surface area (Å²) in [4.78, 5) is 33.2. The minimum absolute atomic E-state index is 0.185. The van der Waals surface area contributed by atoms with E-state index in [2.05, 4.69) is 10.6 Å². The molecule has 0 aromatic rings. The molecule has 0 heterocycles. The Hall–Kier alpha value is -1.83. The Bertz CT molecular complexity index is 338. The Balaban J connectivity index is 3.77. The van der Waals surface area contributed by atoms with E-state index in [1.165, 1.54) is 0 Å². The van der Waals surface area contributed by atoms with Crippen LogP contribution in [0.3, 0.4) is 0 Å². The number of nitrogens with two attached hydrogens (primary N) is 2. The summed E-state index contributed by atoms with van der Waals surface area (Å²) in [5.74, 6) is -1.14. The number of rotatable bonds is 6. The summed E-state index contributed by atoms with van der Waals surface area (Å²) in [6.07, 6.45) is -0.783. The van der Waals surface area contributed by atoms with Crippen LogP contribution < -0.4 is 22.1 Å². The minimum atomic E-state index is -0.973. The molecule has 110 valence electrons. The second-order valence-corrected chi connectivity index (χ2v) is 5.00. The fourth-order valence-corrected chi connectivity index (χ4v) is 1.10. The maximum atomic E-state index is 11.4. The first-order valence-electron chi connectivity index (χ1n) is 5.90. The lowest BCUT2D eigenvalue weighted by molar-refractivity contribution is -0.126. The zero-order valence-corrected chi connectivity index (χ0v) is 11.5. The zero-order valence-electron chi connectivity index (χ0n) is 11.5. The highest BCUT2D eigenvalue weighted by atomic mass is 16.6. The van der Waals surface area contributed by atoms with Gasteiger partial charge in [0.1, 0.15) is 5.60 Å². The molecule has 3 amide bonds. The van der Waals surface area contributed by atoms with Crippen LogP contribution in [0.4, 0.5) is 4.79 Å². The molecular weight excluding hydrogens is 252 g/mol. The van der Waals surface area contributed by atoms with Gasteiger partial charge < -0.3 is 26.8 Å². The Kier molecular flexibility index (Phi) is 6.84. The van der Waals surface area contributed by atoms with Gasteiger partial charge in [0.15, 0.2) is 0 Å². The minimum Gasteiger partial charge on any atom is -0.444 e. The number of nitrogens with one attached hydrogen (secondary N) is 2. The van der Waals surface area contributed by atoms with E-state index >= 15 is 0 Å². The van der Waals surface area contributed by atoms with Crippen LogP contribution in [0, 0.1) is 0 Å². The van der Waals surface area contributed by atoms with Gasteiger partial charge in [-0.2, -0.15) is 0 Å². The molecule has 0 aromatic heterocycles. The summed E-state index contributed by atoms with van der Waals surface area (Å²) in [7, 11) is 0. The monoisotopic (exact) mass is 274 g/mol. The first-order valence-corrected chi connectivity index (χ1v) is 5.90. The largest absolute Gasteiger partial charge is 0.444 e. The predicted octanol–water partition coefficient (Wildman–Crippen LogP) is -1.17. The number of hydrogen-bond acceptors (Lipinski definition) is 5. The summed E-state index contributed by atoms with van der Waals surface area (Å²) in [5, 5.41) is 4.93. The zero-order chi connectivity index (χ0) is 15.1. The van der Waals surface area contributed by atoms with Gasteiger partial charge in [0, 0.05) is 13.1 Å². The summed E-state index contributed by atoms with van der Waals surface area (Å²) in [6, 6.07) is -0.973. The van der Waals surface area contributed by atoms with Crippen molar-refractivity contribution in [3.8, 4) is 0 Å². The van der Waals surface area contributed by atoms with E-state index in [0.717, 1.165) is 0 Å². The van der Waals surface area contributed by atoms with E-state index in [-0.39, 0.29) is 19.5 Å². The molecular formula is C11H22N4O4. The van der Waals surface area contributed by atoms with E-state index in [4.69, 9.17) is 16.2 Å². The smallest absolute Gasteiger partial charge is 0.407 e. The molecule has 0 fully saturated rings. The molecule has 1 atom stereocenters. The molecule has 0 saturated heterocycles. The third-order valence-corrected chi connectivity index (χ3v) is 1.85.